The largest absolute Gasteiger partial charge is 0.466 e. The fraction of sp³-hybridized carbons (Fsp3) is 0.677. The number of esters is 3. The summed E-state index contributed by atoms with van der Waals surface area (Å²) in [5, 5.41) is 0. The number of hydrogen-bond donors (Lipinski definition) is 0. The van der Waals surface area contributed by atoms with Gasteiger partial charge in [-0.15, -0.1) is 0 Å². The molecule has 0 spiro atoms. The standard InChI is InChI=1S/C31H40O7/c1-16(32)21-14-23(28(34)36-5)26(29(35)37-6)22-15-25-20-8-7-18-13-19(38-17(2)33)9-11-30(18,3)24(20)10-12-31(25,4)27(21)22/h7,19-20,22,24-25H,8-15H2,1-6H3. The molecule has 0 N–H and O–H groups in total. The zero-order chi connectivity index (χ0) is 27.6. The Balaban J connectivity index is 1.55. The molecule has 206 valence electrons. The van der Waals surface area contributed by atoms with E-state index in [1.165, 1.54) is 26.7 Å². The average Bonchev–Trinajstić information content (AvgIpc) is 3.19. The molecule has 7 heteroatoms. The second kappa shape index (κ2) is 9.49. The number of ether oxygens (including phenoxy) is 3. The van der Waals surface area contributed by atoms with Gasteiger partial charge in [0.05, 0.1) is 25.4 Å². The van der Waals surface area contributed by atoms with Crippen molar-refractivity contribution in [1.82, 2.24) is 0 Å². The first kappa shape index (κ1) is 26.9. The molecule has 3 saturated carbocycles. The molecule has 38 heavy (non-hydrogen) atoms. The third-order valence-corrected chi connectivity index (χ3v) is 10.8. The average molecular weight is 525 g/mol. The maximum Gasteiger partial charge on any atom is 0.334 e. The lowest BCUT2D eigenvalue weighted by Crippen LogP contribution is -2.50. The number of hydrogen-bond acceptors (Lipinski definition) is 7. The van der Waals surface area contributed by atoms with Gasteiger partial charge in [-0.25, -0.2) is 9.59 Å². The Hall–Kier alpha value is -2.70. The van der Waals surface area contributed by atoms with Crippen molar-refractivity contribution < 1.29 is 33.4 Å². The summed E-state index contributed by atoms with van der Waals surface area (Å²) >= 11 is 0. The monoisotopic (exact) mass is 524 g/mol. The zero-order valence-corrected chi connectivity index (χ0v) is 23.5. The van der Waals surface area contributed by atoms with E-state index in [0.717, 1.165) is 50.5 Å². The van der Waals surface area contributed by atoms with Gasteiger partial charge in [-0.05, 0) is 85.2 Å². The molecule has 0 aromatic rings. The number of Topliss-reactive ketones (excluding diaryl/α,β-unsaturated/α-hetero) is 1. The van der Waals surface area contributed by atoms with Crippen LogP contribution in [0.4, 0.5) is 0 Å². The number of carbonyl (C=O) groups excluding carboxylic acids is 4. The van der Waals surface area contributed by atoms with Crippen molar-refractivity contribution in [3.8, 4) is 0 Å². The predicted molar refractivity (Wildman–Crippen MR) is 140 cm³/mol. The van der Waals surface area contributed by atoms with Crippen LogP contribution in [0.2, 0.25) is 0 Å². The van der Waals surface area contributed by atoms with Gasteiger partial charge in [-0.1, -0.05) is 25.5 Å². The lowest BCUT2D eigenvalue weighted by atomic mass is 9.47. The van der Waals surface area contributed by atoms with E-state index >= 15 is 0 Å². The molecule has 7 unspecified atom stereocenters. The van der Waals surface area contributed by atoms with Gasteiger partial charge in [0.25, 0.3) is 0 Å². The van der Waals surface area contributed by atoms with Crippen LogP contribution in [0.3, 0.4) is 0 Å². The maximum atomic E-state index is 13.1. The summed E-state index contributed by atoms with van der Waals surface area (Å²) in [6.07, 6.45) is 8.80. The minimum atomic E-state index is -0.566. The highest BCUT2D eigenvalue weighted by Gasteiger charge is 2.62. The molecular formula is C31H40O7. The van der Waals surface area contributed by atoms with E-state index in [1.807, 2.05) is 0 Å². The number of fused-ring (bicyclic) bond motifs is 7. The minimum absolute atomic E-state index is 0.0408. The highest BCUT2D eigenvalue weighted by molar-refractivity contribution is 6.06. The first-order chi connectivity index (χ1) is 18.0. The molecule has 0 aliphatic heterocycles. The second-order valence-corrected chi connectivity index (χ2v) is 12.5. The predicted octanol–water partition coefficient (Wildman–Crippen LogP) is 5.04. The van der Waals surface area contributed by atoms with Crippen LogP contribution in [0.1, 0.15) is 79.1 Å². The van der Waals surface area contributed by atoms with Gasteiger partial charge in [0, 0.05) is 25.7 Å². The molecule has 5 rings (SSSR count). The molecular weight excluding hydrogens is 484 g/mol. The summed E-state index contributed by atoms with van der Waals surface area (Å²) < 4.78 is 15.8. The molecule has 0 amide bonds. The summed E-state index contributed by atoms with van der Waals surface area (Å²) in [6, 6.07) is 0. The van der Waals surface area contributed by atoms with Gasteiger partial charge in [0.1, 0.15) is 6.10 Å². The van der Waals surface area contributed by atoms with Gasteiger partial charge in [-0.3, -0.25) is 9.59 Å². The van der Waals surface area contributed by atoms with Gasteiger partial charge in [-0.2, -0.15) is 0 Å². The number of ketones is 1. The summed E-state index contributed by atoms with van der Waals surface area (Å²) in [7, 11) is 2.65. The Labute approximate surface area is 225 Å². The van der Waals surface area contributed by atoms with Crippen LogP contribution in [-0.2, 0) is 33.4 Å². The molecule has 5 aliphatic carbocycles. The van der Waals surface area contributed by atoms with Crippen LogP contribution < -0.4 is 0 Å². The summed E-state index contributed by atoms with van der Waals surface area (Å²) in [4.78, 5) is 50.5. The van der Waals surface area contributed by atoms with Crippen molar-refractivity contribution in [2.24, 2.45) is 34.5 Å². The second-order valence-electron chi connectivity index (χ2n) is 12.5. The first-order valence-electron chi connectivity index (χ1n) is 14.0. The van der Waals surface area contributed by atoms with E-state index in [1.54, 1.807) is 6.92 Å². The summed E-state index contributed by atoms with van der Waals surface area (Å²) in [6.45, 7) is 7.72. The van der Waals surface area contributed by atoms with Crippen molar-refractivity contribution >= 4 is 23.7 Å². The molecule has 7 atom stereocenters. The Morgan fingerprint density at radius 2 is 1.58 bits per heavy atom. The van der Waals surface area contributed by atoms with Crippen molar-refractivity contribution in [1.29, 1.82) is 0 Å². The topological polar surface area (TPSA) is 96.0 Å². The zero-order valence-electron chi connectivity index (χ0n) is 23.5. The maximum absolute atomic E-state index is 13.1. The minimum Gasteiger partial charge on any atom is -0.466 e. The van der Waals surface area contributed by atoms with Crippen molar-refractivity contribution in [2.75, 3.05) is 14.2 Å². The van der Waals surface area contributed by atoms with Crippen molar-refractivity contribution in [3.05, 3.63) is 33.9 Å². The van der Waals surface area contributed by atoms with Gasteiger partial charge < -0.3 is 14.2 Å². The molecule has 0 aromatic carbocycles. The molecule has 0 bridgehead atoms. The van der Waals surface area contributed by atoms with E-state index in [-0.39, 0.29) is 52.5 Å². The first-order valence-corrected chi connectivity index (χ1v) is 14.0. The normalized spacial score (nSPS) is 37.7. The van der Waals surface area contributed by atoms with E-state index in [2.05, 4.69) is 19.9 Å². The van der Waals surface area contributed by atoms with Crippen molar-refractivity contribution in [2.45, 2.75) is 85.2 Å². The molecule has 0 saturated heterocycles. The smallest absolute Gasteiger partial charge is 0.334 e. The number of methoxy groups -OCH3 is 2. The summed E-state index contributed by atoms with van der Waals surface area (Å²) in [5.41, 5.74) is 3.63. The van der Waals surface area contributed by atoms with Gasteiger partial charge in [0.15, 0.2) is 5.78 Å². The fourth-order valence-electron chi connectivity index (χ4n) is 9.21. The third kappa shape index (κ3) is 3.91. The highest BCUT2D eigenvalue weighted by Crippen LogP contribution is 2.69. The van der Waals surface area contributed by atoms with Crippen LogP contribution in [0.25, 0.3) is 0 Å². The molecule has 0 aromatic heterocycles. The number of rotatable bonds is 4. The molecule has 0 heterocycles. The van der Waals surface area contributed by atoms with Crippen molar-refractivity contribution in [3.63, 3.8) is 0 Å². The van der Waals surface area contributed by atoms with Crippen LogP contribution in [0.15, 0.2) is 33.9 Å². The Bertz CT molecular complexity index is 1190. The van der Waals surface area contributed by atoms with Crippen LogP contribution in [0.5, 0.6) is 0 Å². The Morgan fingerprint density at radius 3 is 2.21 bits per heavy atom. The van der Waals surface area contributed by atoms with E-state index in [0.29, 0.717) is 23.0 Å². The Morgan fingerprint density at radius 1 is 0.895 bits per heavy atom. The molecule has 7 nitrogen and oxygen atoms in total. The molecule has 3 fully saturated rings. The Kier molecular flexibility index (Phi) is 6.72. The van der Waals surface area contributed by atoms with Gasteiger partial charge in [0.2, 0.25) is 0 Å². The van der Waals surface area contributed by atoms with Crippen LogP contribution in [-0.4, -0.2) is 44.0 Å². The quantitative estimate of drug-likeness (QED) is 0.289. The van der Waals surface area contributed by atoms with Crippen LogP contribution in [0, 0.1) is 34.5 Å². The number of carbonyl (C=O) groups is 4. The molecule has 0 radical (unpaired) electrons. The number of allylic oxidation sites excluding steroid dienone is 3. The third-order valence-electron chi connectivity index (χ3n) is 10.8. The van der Waals surface area contributed by atoms with E-state index in [4.69, 9.17) is 14.2 Å². The van der Waals surface area contributed by atoms with Crippen LogP contribution >= 0.6 is 0 Å². The van der Waals surface area contributed by atoms with E-state index < -0.39 is 11.9 Å². The highest BCUT2D eigenvalue weighted by atomic mass is 16.5. The SMILES string of the molecule is COC(=O)C1=C(C(=O)OC)C2CC3C4CC=C5CC(OC(C)=O)CCC5(C)C4CCC3(C)C2=C(C(C)=O)C1. The summed E-state index contributed by atoms with van der Waals surface area (Å²) in [5.74, 6) is -0.445. The lowest BCUT2D eigenvalue weighted by Gasteiger charge is -2.57. The lowest BCUT2D eigenvalue weighted by molar-refractivity contribution is -0.148. The molecule has 5 aliphatic rings. The van der Waals surface area contributed by atoms with E-state index in [9.17, 15) is 19.2 Å². The van der Waals surface area contributed by atoms with Gasteiger partial charge >= 0.3 is 17.9 Å². The fourth-order valence-corrected chi connectivity index (χ4v) is 9.21.